The van der Waals surface area contributed by atoms with Crippen molar-refractivity contribution in [3.63, 3.8) is 0 Å². The Morgan fingerprint density at radius 1 is 1.42 bits per heavy atom. The number of halogens is 2. The summed E-state index contributed by atoms with van der Waals surface area (Å²) < 4.78 is 18.0. The molecule has 0 amide bonds. The van der Waals surface area contributed by atoms with Crippen LogP contribution < -0.4 is 0 Å². The molecule has 0 radical (unpaired) electrons. The second-order valence-corrected chi connectivity index (χ2v) is 3.69. The number of rotatable bonds is 6. The number of hydrogen-bond acceptors (Lipinski definition) is 5. The van der Waals surface area contributed by atoms with Gasteiger partial charge in [0.2, 0.25) is 6.04 Å². The SMILES string of the molecule is CCOC(=O)C(/N=N/c1ccccc1F)C(=O)CCl. The lowest BCUT2D eigenvalue weighted by molar-refractivity contribution is -0.147. The highest BCUT2D eigenvalue weighted by atomic mass is 35.5. The average Bonchev–Trinajstić information content (AvgIpc) is 2.41. The van der Waals surface area contributed by atoms with Crippen molar-refractivity contribution in [1.82, 2.24) is 0 Å². The van der Waals surface area contributed by atoms with E-state index < -0.39 is 29.5 Å². The third-order valence-corrected chi connectivity index (χ3v) is 2.34. The van der Waals surface area contributed by atoms with E-state index in [9.17, 15) is 14.0 Å². The highest BCUT2D eigenvalue weighted by Crippen LogP contribution is 2.17. The van der Waals surface area contributed by atoms with Crippen LogP contribution in [0.15, 0.2) is 34.5 Å². The molecule has 5 nitrogen and oxygen atoms in total. The van der Waals surface area contributed by atoms with Crippen molar-refractivity contribution in [2.75, 3.05) is 12.5 Å². The highest BCUT2D eigenvalue weighted by Gasteiger charge is 2.27. The second kappa shape index (κ2) is 7.58. The number of azo groups is 1. The summed E-state index contributed by atoms with van der Waals surface area (Å²) in [6.07, 6.45) is 0. The van der Waals surface area contributed by atoms with Gasteiger partial charge >= 0.3 is 5.97 Å². The van der Waals surface area contributed by atoms with E-state index >= 15 is 0 Å². The molecule has 1 unspecified atom stereocenters. The number of ketones is 1. The minimum Gasteiger partial charge on any atom is -0.464 e. The van der Waals surface area contributed by atoms with E-state index in [-0.39, 0.29) is 12.3 Å². The molecular formula is C12H12ClFN2O3. The maximum Gasteiger partial charge on any atom is 0.340 e. The molecule has 0 aromatic heterocycles. The van der Waals surface area contributed by atoms with Gasteiger partial charge in [0.15, 0.2) is 11.6 Å². The molecular weight excluding hydrogens is 275 g/mol. The van der Waals surface area contributed by atoms with Gasteiger partial charge < -0.3 is 4.74 Å². The summed E-state index contributed by atoms with van der Waals surface area (Å²) in [4.78, 5) is 23.0. The monoisotopic (exact) mass is 286 g/mol. The van der Waals surface area contributed by atoms with Crippen LogP contribution in [-0.2, 0) is 14.3 Å². The van der Waals surface area contributed by atoms with Gasteiger partial charge in [-0.3, -0.25) is 4.79 Å². The minimum atomic E-state index is -1.46. The minimum absolute atomic E-state index is 0.0702. The van der Waals surface area contributed by atoms with Crippen LogP contribution in [0.4, 0.5) is 10.1 Å². The molecule has 0 heterocycles. The maximum atomic E-state index is 13.3. The molecule has 1 rings (SSSR count). The summed E-state index contributed by atoms with van der Waals surface area (Å²) in [6.45, 7) is 1.69. The molecule has 0 saturated heterocycles. The van der Waals surface area contributed by atoms with Crippen LogP contribution in [0.5, 0.6) is 0 Å². The molecule has 1 atom stereocenters. The third kappa shape index (κ3) is 4.40. The normalized spacial score (nSPS) is 12.4. The van der Waals surface area contributed by atoms with Gasteiger partial charge in [-0.05, 0) is 19.1 Å². The highest BCUT2D eigenvalue weighted by molar-refractivity contribution is 6.30. The molecule has 0 aliphatic heterocycles. The predicted molar refractivity (Wildman–Crippen MR) is 67.1 cm³/mol. The smallest absolute Gasteiger partial charge is 0.340 e. The Balaban J connectivity index is 2.92. The lowest BCUT2D eigenvalue weighted by atomic mass is 10.2. The van der Waals surface area contributed by atoms with Crippen LogP contribution >= 0.6 is 11.6 Å². The Labute approximate surface area is 114 Å². The standard InChI is InChI=1S/C12H12ClFN2O3/c1-2-19-12(18)11(10(17)7-13)16-15-9-6-4-3-5-8(9)14/h3-6,11H,2,7H2,1H3/b16-15+. The van der Waals surface area contributed by atoms with Gasteiger partial charge in [-0.1, -0.05) is 12.1 Å². The van der Waals surface area contributed by atoms with Crippen molar-refractivity contribution < 1.29 is 18.7 Å². The van der Waals surface area contributed by atoms with Crippen LogP contribution in [0.2, 0.25) is 0 Å². The third-order valence-electron chi connectivity index (χ3n) is 2.08. The zero-order valence-corrected chi connectivity index (χ0v) is 10.9. The van der Waals surface area contributed by atoms with Crippen LogP contribution in [0, 0.1) is 5.82 Å². The van der Waals surface area contributed by atoms with Gasteiger partial charge in [0, 0.05) is 0 Å². The van der Waals surface area contributed by atoms with Crippen molar-refractivity contribution in [2.45, 2.75) is 13.0 Å². The maximum absolute atomic E-state index is 13.3. The Kier molecular flexibility index (Phi) is 6.08. The van der Waals surface area contributed by atoms with Crippen LogP contribution in [0.1, 0.15) is 6.92 Å². The van der Waals surface area contributed by atoms with E-state index in [1.807, 2.05) is 0 Å². The summed E-state index contributed by atoms with van der Waals surface area (Å²) in [5.41, 5.74) is -0.0702. The molecule has 0 aliphatic rings. The molecule has 1 aromatic rings. The molecule has 0 spiro atoms. The number of carbonyl (C=O) groups is 2. The first kappa shape index (κ1) is 15.2. The number of carbonyl (C=O) groups excluding carboxylic acids is 2. The Bertz CT molecular complexity index is 494. The van der Waals surface area contributed by atoms with Crippen molar-refractivity contribution in [2.24, 2.45) is 10.2 Å². The van der Waals surface area contributed by atoms with Gasteiger partial charge in [0.05, 0.1) is 12.5 Å². The molecule has 102 valence electrons. The second-order valence-electron chi connectivity index (χ2n) is 3.42. The number of benzene rings is 1. The molecule has 7 heteroatoms. The zero-order chi connectivity index (χ0) is 14.3. The fourth-order valence-electron chi connectivity index (χ4n) is 1.19. The molecule has 0 saturated carbocycles. The Morgan fingerprint density at radius 2 is 2.11 bits per heavy atom. The summed E-state index contributed by atoms with van der Waals surface area (Å²) >= 11 is 5.37. The van der Waals surface area contributed by atoms with E-state index in [0.29, 0.717) is 0 Å². The zero-order valence-electron chi connectivity index (χ0n) is 10.2. The number of ether oxygens (including phenoxy) is 1. The topological polar surface area (TPSA) is 68.1 Å². The van der Waals surface area contributed by atoms with Crippen LogP contribution in [0.25, 0.3) is 0 Å². The molecule has 0 aliphatic carbocycles. The number of hydrogen-bond donors (Lipinski definition) is 0. The first-order valence-electron chi connectivity index (χ1n) is 5.50. The summed E-state index contributed by atoms with van der Waals surface area (Å²) in [7, 11) is 0. The van der Waals surface area contributed by atoms with E-state index in [1.54, 1.807) is 13.0 Å². The van der Waals surface area contributed by atoms with E-state index in [2.05, 4.69) is 15.0 Å². The first-order chi connectivity index (χ1) is 9.10. The van der Waals surface area contributed by atoms with Crippen molar-refractivity contribution in [3.8, 4) is 0 Å². The van der Waals surface area contributed by atoms with Crippen LogP contribution in [-0.4, -0.2) is 30.3 Å². The van der Waals surface area contributed by atoms with Gasteiger partial charge in [-0.25, -0.2) is 9.18 Å². The van der Waals surface area contributed by atoms with Crippen LogP contribution in [0.3, 0.4) is 0 Å². The number of nitrogens with zero attached hydrogens (tertiary/aromatic N) is 2. The number of Topliss-reactive ketones (excluding diaryl/α,β-unsaturated/α-hetero) is 1. The molecule has 19 heavy (non-hydrogen) atoms. The van der Waals surface area contributed by atoms with Crippen molar-refractivity contribution in [1.29, 1.82) is 0 Å². The first-order valence-corrected chi connectivity index (χ1v) is 6.04. The molecule has 0 bridgehead atoms. The van der Waals surface area contributed by atoms with E-state index in [1.165, 1.54) is 18.2 Å². The van der Waals surface area contributed by atoms with Gasteiger partial charge in [0.25, 0.3) is 0 Å². The van der Waals surface area contributed by atoms with Crippen molar-refractivity contribution >= 4 is 29.0 Å². The quantitative estimate of drug-likeness (QED) is 0.349. The number of alkyl halides is 1. The van der Waals surface area contributed by atoms with Crippen molar-refractivity contribution in [3.05, 3.63) is 30.1 Å². The fourth-order valence-corrected chi connectivity index (χ4v) is 1.34. The molecule has 0 fully saturated rings. The lowest BCUT2D eigenvalue weighted by Gasteiger charge is -2.07. The van der Waals surface area contributed by atoms with Gasteiger partial charge in [0.1, 0.15) is 5.69 Å². The van der Waals surface area contributed by atoms with E-state index in [0.717, 1.165) is 0 Å². The largest absolute Gasteiger partial charge is 0.464 e. The Morgan fingerprint density at radius 3 is 2.68 bits per heavy atom. The van der Waals surface area contributed by atoms with E-state index in [4.69, 9.17) is 11.6 Å². The lowest BCUT2D eigenvalue weighted by Crippen LogP contribution is -2.30. The van der Waals surface area contributed by atoms with Gasteiger partial charge in [-0.15, -0.1) is 11.6 Å². The van der Waals surface area contributed by atoms with Gasteiger partial charge in [-0.2, -0.15) is 10.2 Å². The molecule has 1 aromatic carbocycles. The predicted octanol–water partition coefficient (Wildman–Crippen LogP) is 2.65. The summed E-state index contributed by atoms with van der Waals surface area (Å²) in [6, 6.07) is 4.14. The molecule has 0 N–H and O–H groups in total. The average molecular weight is 287 g/mol. The summed E-state index contributed by atoms with van der Waals surface area (Å²) in [5, 5.41) is 7.07. The Hall–Kier alpha value is -1.82. The fraction of sp³-hybridized carbons (Fsp3) is 0.333. The number of esters is 1. The summed E-state index contributed by atoms with van der Waals surface area (Å²) in [5.74, 6) is -2.51.